The Bertz CT molecular complexity index is 521. The average Bonchev–Trinajstić information content (AvgIpc) is 3.09. The van der Waals surface area contributed by atoms with Crippen LogP contribution in [0.5, 0.6) is 0 Å². The van der Waals surface area contributed by atoms with Crippen LogP contribution >= 0.6 is 0 Å². The van der Waals surface area contributed by atoms with Crippen molar-refractivity contribution in [3.8, 4) is 0 Å². The van der Waals surface area contributed by atoms with Gasteiger partial charge in [-0.2, -0.15) is 5.10 Å². The molecule has 0 unspecified atom stereocenters. The molecule has 2 aromatic heterocycles. The van der Waals surface area contributed by atoms with Crippen molar-refractivity contribution in [2.45, 2.75) is 13.0 Å². The van der Waals surface area contributed by atoms with Crippen molar-refractivity contribution in [3.05, 3.63) is 36.3 Å². The van der Waals surface area contributed by atoms with Gasteiger partial charge in [0.2, 0.25) is 5.91 Å². The summed E-state index contributed by atoms with van der Waals surface area (Å²) in [5.41, 5.74) is 0. The molecule has 2 rings (SSSR count). The van der Waals surface area contributed by atoms with Crippen LogP contribution in [-0.2, 0) is 11.3 Å². The molecule has 0 aliphatic heterocycles. The van der Waals surface area contributed by atoms with Gasteiger partial charge in [-0.05, 0) is 12.1 Å². The summed E-state index contributed by atoms with van der Waals surface area (Å²) in [6, 6.07) is 3.18. The fourth-order valence-corrected chi connectivity index (χ4v) is 1.37. The van der Waals surface area contributed by atoms with E-state index in [0.29, 0.717) is 5.82 Å². The van der Waals surface area contributed by atoms with E-state index < -0.39 is 0 Å². The van der Waals surface area contributed by atoms with Gasteiger partial charge >= 0.3 is 0 Å². The molecular formula is C11H13N5O3. The molecule has 0 saturated heterocycles. The third-order valence-electron chi connectivity index (χ3n) is 2.30. The highest BCUT2D eigenvalue weighted by Crippen LogP contribution is 1.98. The van der Waals surface area contributed by atoms with Crippen molar-refractivity contribution in [2.24, 2.45) is 0 Å². The minimum absolute atomic E-state index is 0.181. The van der Waals surface area contributed by atoms with Gasteiger partial charge in [-0.25, -0.2) is 4.98 Å². The number of H-pyrrole nitrogens is 1. The second-order valence-electron chi connectivity index (χ2n) is 3.69. The standard InChI is InChI=1S/C11H13N5O3/c17-10(13-6-9-14-7-15-16-9)3-4-12-11(18)8-2-1-5-19-8/h1-2,5,7H,3-4,6H2,(H,12,18)(H,13,17)(H,14,15,16). The molecule has 0 spiro atoms. The highest BCUT2D eigenvalue weighted by molar-refractivity contribution is 5.91. The Morgan fingerprint density at radius 1 is 1.37 bits per heavy atom. The van der Waals surface area contributed by atoms with Crippen LogP contribution in [0.2, 0.25) is 0 Å². The molecule has 0 saturated carbocycles. The fourth-order valence-electron chi connectivity index (χ4n) is 1.37. The molecule has 2 aromatic rings. The minimum Gasteiger partial charge on any atom is -0.459 e. The highest BCUT2D eigenvalue weighted by Gasteiger charge is 2.08. The predicted molar refractivity (Wildman–Crippen MR) is 63.9 cm³/mol. The molecule has 0 atom stereocenters. The zero-order valence-corrected chi connectivity index (χ0v) is 10.0. The number of rotatable bonds is 6. The summed E-state index contributed by atoms with van der Waals surface area (Å²) in [6.07, 6.45) is 2.96. The molecule has 0 aliphatic carbocycles. The second-order valence-corrected chi connectivity index (χ2v) is 3.69. The molecule has 0 fully saturated rings. The molecule has 0 radical (unpaired) electrons. The van der Waals surface area contributed by atoms with E-state index in [9.17, 15) is 9.59 Å². The second kappa shape index (κ2) is 6.34. The van der Waals surface area contributed by atoms with Crippen LogP contribution in [0, 0.1) is 0 Å². The van der Waals surface area contributed by atoms with Crippen LogP contribution in [0.3, 0.4) is 0 Å². The van der Waals surface area contributed by atoms with Gasteiger partial charge in [0.15, 0.2) is 5.76 Å². The zero-order chi connectivity index (χ0) is 13.5. The van der Waals surface area contributed by atoms with Gasteiger partial charge < -0.3 is 15.1 Å². The lowest BCUT2D eigenvalue weighted by Gasteiger charge is -2.04. The van der Waals surface area contributed by atoms with E-state index in [2.05, 4.69) is 25.8 Å². The largest absolute Gasteiger partial charge is 0.459 e. The van der Waals surface area contributed by atoms with Crippen molar-refractivity contribution in [2.75, 3.05) is 6.54 Å². The molecule has 2 amide bonds. The normalized spacial score (nSPS) is 10.1. The Morgan fingerprint density at radius 3 is 2.95 bits per heavy atom. The third-order valence-corrected chi connectivity index (χ3v) is 2.30. The first-order valence-electron chi connectivity index (χ1n) is 5.68. The molecule has 0 aromatic carbocycles. The van der Waals surface area contributed by atoms with Crippen LogP contribution in [0.1, 0.15) is 22.8 Å². The molecule has 8 nitrogen and oxygen atoms in total. The minimum atomic E-state index is -0.340. The molecule has 0 aliphatic rings. The Labute approximate surface area is 108 Å². The van der Waals surface area contributed by atoms with Crippen LogP contribution in [-0.4, -0.2) is 33.5 Å². The maximum atomic E-state index is 11.5. The van der Waals surface area contributed by atoms with Crippen LogP contribution < -0.4 is 10.6 Å². The van der Waals surface area contributed by atoms with E-state index in [1.807, 2.05) is 0 Å². The number of hydrogen-bond donors (Lipinski definition) is 3. The molecule has 8 heteroatoms. The number of aromatic nitrogens is 3. The van der Waals surface area contributed by atoms with E-state index >= 15 is 0 Å². The van der Waals surface area contributed by atoms with E-state index in [1.54, 1.807) is 12.1 Å². The van der Waals surface area contributed by atoms with Gasteiger partial charge in [-0.1, -0.05) is 0 Å². The lowest BCUT2D eigenvalue weighted by Crippen LogP contribution is -2.30. The van der Waals surface area contributed by atoms with Gasteiger partial charge in [0.25, 0.3) is 5.91 Å². The summed E-state index contributed by atoms with van der Waals surface area (Å²) in [4.78, 5) is 26.8. The Hall–Kier alpha value is -2.64. The topological polar surface area (TPSA) is 113 Å². The Balaban J connectivity index is 1.63. The van der Waals surface area contributed by atoms with Gasteiger partial charge in [0.05, 0.1) is 12.8 Å². The molecule has 3 N–H and O–H groups in total. The first kappa shape index (κ1) is 12.8. The Morgan fingerprint density at radius 2 is 2.26 bits per heavy atom. The number of carbonyl (C=O) groups excluding carboxylic acids is 2. The summed E-state index contributed by atoms with van der Waals surface area (Å²) < 4.78 is 4.92. The zero-order valence-electron chi connectivity index (χ0n) is 10.0. The quantitative estimate of drug-likeness (QED) is 0.670. The first-order valence-corrected chi connectivity index (χ1v) is 5.68. The van der Waals surface area contributed by atoms with E-state index in [0.717, 1.165) is 0 Å². The summed E-state index contributed by atoms with van der Waals surface area (Å²) >= 11 is 0. The van der Waals surface area contributed by atoms with Crippen molar-refractivity contribution in [1.29, 1.82) is 0 Å². The SMILES string of the molecule is O=C(CCNC(=O)c1ccco1)NCc1ncn[nH]1. The summed E-state index contributed by atoms with van der Waals surface area (Å²) in [6.45, 7) is 0.521. The number of amides is 2. The van der Waals surface area contributed by atoms with Crippen molar-refractivity contribution >= 4 is 11.8 Å². The first-order chi connectivity index (χ1) is 9.25. The lowest BCUT2D eigenvalue weighted by atomic mass is 10.3. The smallest absolute Gasteiger partial charge is 0.286 e. The van der Waals surface area contributed by atoms with Gasteiger partial charge in [0.1, 0.15) is 12.2 Å². The third kappa shape index (κ3) is 3.95. The number of nitrogens with one attached hydrogen (secondary N) is 3. The molecule has 0 bridgehead atoms. The number of furan rings is 1. The van der Waals surface area contributed by atoms with Crippen molar-refractivity contribution in [3.63, 3.8) is 0 Å². The van der Waals surface area contributed by atoms with Crippen LogP contribution in [0.4, 0.5) is 0 Å². The van der Waals surface area contributed by atoms with E-state index in [1.165, 1.54) is 12.6 Å². The van der Waals surface area contributed by atoms with Gasteiger partial charge in [-0.3, -0.25) is 14.7 Å². The van der Waals surface area contributed by atoms with Gasteiger partial charge in [-0.15, -0.1) is 0 Å². The molecule has 2 heterocycles. The molecule has 100 valence electrons. The monoisotopic (exact) mass is 263 g/mol. The number of aromatic amines is 1. The number of hydrogen-bond acceptors (Lipinski definition) is 5. The van der Waals surface area contributed by atoms with Gasteiger partial charge in [0, 0.05) is 13.0 Å². The fraction of sp³-hybridized carbons (Fsp3) is 0.273. The Kier molecular flexibility index (Phi) is 4.27. The summed E-state index contributed by atoms with van der Waals surface area (Å²) in [5, 5.41) is 11.5. The van der Waals surface area contributed by atoms with E-state index in [4.69, 9.17) is 4.42 Å². The lowest BCUT2D eigenvalue weighted by molar-refractivity contribution is -0.121. The predicted octanol–water partition coefficient (Wildman–Crippen LogP) is -0.166. The number of carbonyl (C=O) groups is 2. The highest BCUT2D eigenvalue weighted by atomic mass is 16.3. The number of nitrogens with zero attached hydrogens (tertiary/aromatic N) is 2. The van der Waals surface area contributed by atoms with E-state index in [-0.39, 0.29) is 37.1 Å². The van der Waals surface area contributed by atoms with Crippen molar-refractivity contribution < 1.29 is 14.0 Å². The maximum absolute atomic E-state index is 11.5. The summed E-state index contributed by atoms with van der Waals surface area (Å²) in [5.74, 6) is 0.277. The average molecular weight is 263 g/mol. The molecule has 19 heavy (non-hydrogen) atoms. The van der Waals surface area contributed by atoms with Crippen molar-refractivity contribution in [1.82, 2.24) is 25.8 Å². The molecular weight excluding hydrogens is 250 g/mol. The van der Waals surface area contributed by atoms with Crippen LogP contribution in [0.15, 0.2) is 29.1 Å². The van der Waals surface area contributed by atoms with Crippen LogP contribution in [0.25, 0.3) is 0 Å². The summed E-state index contributed by atoms with van der Waals surface area (Å²) in [7, 11) is 0. The maximum Gasteiger partial charge on any atom is 0.286 e.